The van der Waals surface area contributed by atoms with E-state index in [1.54, 1.807) is 0 Å². The summed E-state index contributed by atoms with van der Waals surface area (Å²) in [6.07, 6.45) is 5.51. The summed E-state index contributed by atoms with van der Waals surface area (Å²) in [5.74, 6) is 3.25. The molecule has 1 aromatic rings. The van der Waals surface area contributed by atoms with Crippen molar-refractivity contribution in [1.29, 1.82) is 0 Å². The van der Waals surface area contributed by atoms with Crippen LogP contribution in [0.3, 0.4) is 0 Å². The van der Waals surface area contributed by atoms with Crippen molar-refractivity contribution >= 4 is 17.4 Å². The number of thioether (sulfide) groups is 1. The summed E-state index contributed by atoms with van der Waals surface area (Å²) in [5.41, 5.74) is 8.20. The van der Waals surface area contributed by atoms with E-state index in [4.69, 9.17) is 15.2 Å². The van der Waals surface area contributed by atoms with Crippen molar-refractivity contribution in [2.45, 2.75) is 50.7 Å². The van der Waals surface area contributed by atoms with E-state index in [0.29, 0.717) is 0 Å². The minimum Gasteiger partial charge on any atom is -0.488 e. The summed E-state index contributed by atoms with van der Waals surface area (Å²) in [6.45, 7) is 2.95. The molecule has 2 fully saturated rings. The van der Waals surface area contributed by atoms with Crippen molar-refractivity contribution in [3.63, 3.8) is 0 Å². The molecule has 1 spiro atoms. The standard InChI is InChI=1S/C17H25NO2S/c1-2-13-3-4-16(15(18)11-13)20-14-5-8-19-17(12-14)6-9-21-10-7-17/h3-4,11,14H,2,5-10,12,18H2,1H3. The molecule has 1 atom stereocenters. The third kappa shape index (κ3) is 3.49. The van der Waals surface area contributed by atoms with Gasteiger partial charge in [0.2, 0.25) is 0 Å². The van der Waals surface area contributed by atoms with Gasteiger partial charge in [-0.3, -0.25) is 0 Å². The normalized spacial score (nSPS) is 24.9. The molecule has 2 saturated heterocycles. The van der Waals surface area contributed by atoms with Gasteiger partial charge in [-0.15, -0.1) is 0 Å². The summed E-state index contributed by atoms with van der Waals surface area (Å²) in [5, 5.41) is 0. The van der Waals surface area contributed by atoms with Crippen molar-refractivity contribution in [2.75, 3.05) is 23.8 Å². The first-order valence-corrected chi connectivity index (χ1v) is 9.13. The van der Waals surface area contributed by atoms with E-state index in [-0.39, 0.29) is 11.7 Å². The van der Waals surface area contributed by atoms with E-state index in [9.17, 15) is 0 Å². The molecule has 2 aliphatic heterocycles. The van der Waals surface area contributed by atoms with Gasteiger partial charge in [-0.2, -0.15) is 11.8 Å². The molecule has 1 aromatic carbocycles. The van der Waals surface area contributed by atoms with Gasteiger partial charge in [0.05, 0.1) is 17.9 Å². The minimum atomic E-state index is 0.0618. The Bertz CT molecular complexity index is 480. The molecule has 1 unspecified atom stereocenters. The monoisotopic (exact) mass is 307 g/mol. The van der Waals surface area contributed by atoms with E-state index in [1.807, 2.05) is 23.9 Å². The smallest absolute Gasteiger partial charge is 0.142 e. The first-order chi connectivity index (χ1) is 10.2. The molecule has 0 amide bonds. The van der Waals surface area contributed by atoms with Crippen LogP contribution in [0, 0.1) is 0 Å². The highest BCUT2D eigenvalue weighted by Crippen LogP contribution is 2.39. The maximum absolute atomic E-state index is 6.20. The number of hydrogen-bond donors (Lipinski definition) is 1. The summed E-state index contributed by atoms with van der Waals surface area (Å²) in [7, 11) is 0. The van der Waals surface area contributed by atoms with Crippen LogP contribution in [0.4, 0.5) is 5.69 Å². The summed E-state index contributed by atoms with van der Waals surface area (Å²) < 4.78 is 12.3. The lowest BCUT2D eigenvalue weighted by Gasteiger charge is -2.43. The van der Waals surface area contributed by atoms with Gasteiger partial charge in [0.25, 0.3) is 0 Å². The summed E-state index contributed by atoms with van der Waals surface area (Å²) >= 11 is 2.03. The second-order valence-electron chi connectivity index (χ2n) is 6.10. The number of nitrogens with two attached hydrogens (primary N) is 1. The van der Waals surface area contributed by atoms with Crippen LogP contribution in [0.15, 0.2) is 18.2 Å². The van der Waals surface area contributed by atoms with Gasteiger partial charge in [0.1, 0.15) is 11.9 Å². The molecule has 116 valence electrons. The third-order valence-corrected chi connectivity index (χ3v) is 5.61. The van der Waals surface area contributed by atoms with E-state index in [2.05, 4.69) is 13.0 Å². The summed E-state index contributed by atoms with van der Waals surface area (Å²) in [4.78, 5) is 0. The Morgan fingerprint density at radius 1 is 1.38 bits per heavy atom. The molecule has 21 heavy (non-hydrogen) atoms. The number of rotatable bonds is 3. The fourth-order valence-corrected chi connectivity index (χ4v) is 4.52. The zero-order valence-corrected chi connectivity index (χ0v) is 13.6. The van der Waals surface area contributed by atoms with Gasteiger partial charge in [0, 0.05) is 12.8 Å². The molecule has 4 heteroatoms. The zero-order valence-electron chi connectivity index (χ0n) is 12.8. The fraction of sp³-hybridized carbons (Fsp3) is 0.647. The van der Waals surface area contributed by atoms with Crippen LogP contribution < -0.4 is 10.5 Å². The Morgan fingerprint density at radius 3 is 2.90 bits per heavy atom. The maximum Gasteiger partial charge on any atom is 0.142 e. The lowest BCUT2D eigenvalue weighted by molar-refractivity contribution is -0.116. The fourth-order valence-electron chi connectivity index (χ4n) is 3.28. The van der Waals surface area contributed by atoms with Gasteiger partial charge < -0.3 is 15.2 Å². The van der Waals surface area contributed by atoms with Crippen LogP contribution in [-0.4, -0.2) is 29.8 Å². The van der Waals surface area contributed by atoms with Crippen molar-refractivity contribution in [3.8, 4) is 5.75 Å². The number of aryl methyl sites for hydroxylation is 1. The number of anilines is 1. The van der Waals surface area contributed by atoms with Crippen molar-refractivity contribution in [1.82, 2.24) is 0 Å². The third-order valence-electron chi connectivity index (χ3n) is 4.63. The molecule has 2 heterocycles. The Hall–Kier alpha value is -0.870. The molecular formula is C17H25NO2S. The van der Waals surface area contributed by atoms with Crippen LogP contribution >= 0.6 is 11.8 Å². The van der Waals surface area contributed by atoms with Crippen molar-refractivity contribution < 1.29 is 9.47 Å². The first kappa shape index (κ1) is 15.0. The zero-order chi connectivity index (χ0) is 14.7. The predicted octanol–water partition coefficient (Wildman–Crippen LogP) is 3.65. The van der Waals surface area contributed by atoms with E-state index in [0.717, 1.165) is 50.1 Å². The highest BCUT2D eigenvalue weighted by Gasteiger charge is 2.39. The van der Waals surface area contributed by atoms with E-state index < -0.39 is 0 Å². The second-order valence-corrected chi connectivity index (χ2v) is 7.33. The second kappa shape index (κ2) is 6.49. The lowest BCUT2D eigenvalue weighted by atomic mass is 9.86. The van der Waals surface area contributed by atoms with Crippen LogP contribution in [0.2, 0.25) is 0 Å². The highest BCUT2D eigenvalue weighted by molar-refractivity contribution is 7.99. The SMILES string of the molecule is CCc1ccc(OC2CCOC3(CCSCC3)C2)c(N)c1. The van der Waals surface area contributed by atoms with E-state index >= 15 is 0 Å². The topological polar surface area (TPSA) is 44.5 Å². The van der Waals surface area contributed by atoms with Gasteiger partial charge in [-0.1, -0.05) is 13.0 Å². The molecule has 3 nitrogen and oxygen atoms in total. The van der Waals surface area contributed by atoms with Crippen molar-refractivity contribution in [3.05, 3.63) is 23.8 Å². The van der Waals surface area contributed by atoms with Gasteiger partial charge in [-0.25, -0.2) is 0 Å². The lowest BCUT2D eigenvalue weighted by Crippen LogP contribution is -2.46. The number of ether oxygens (including phenoxy) is 2. The quantitative estimate of drug-likeness (QED) is 0.866. The van der Waals surface area contributed by atoms with Crippen molar-refractivity contribution in [2.24, 2.45) is 0 Å². The molecule has 0 aliphatic carbocycles. The molecule has 0 bridgehead atoms. The van der Waals surface area contributed by atoms with Crippen LogP contribution in [-0.2, 0) is 11.2 Å². The molecule has 2 aliphatic rings. The summed E-state index contributed by atoms with van der Waals surface area (Å²) in [6, 6.07) is 6.16. The molecule has 3 rings (SSSR count). The number of nitrogen functional groups attached to an aromatic ring is 1. The Balaban J connectivity index is 1.67. The Labute approximate surface area is 131 Å². The van der Waals surface area contributed by atoms with Crippen LogP contribution in [0.25, 0.3) is 0 Å². The first-order valence-electron chi connectivity index (χ1n) is 7.97. The average molecular weight is 307 g/mol. The maximum atomic E-state index is 6.20. The highest BCUT2D eigenvalue weighted by atomic mass is 32.2. The van der Waals surface area contributed by atoms with E-state index in [1.165, 1.54) is 17.1 Å². The molecule has 0 saturated carbocycles. The average Bonchev–Trinajstić information content (AvgIpc) is 2.50. The number of benzene rings is 1. The molecule has 2 N–H and O–H groups in total. The van der Waals surface area contributed by atoms with Crippen LogP contribution in [0.1, 0.15) is 38.2 Å². The predicted molar refractivity (Wildman–Crippen MR) is 89.1 cm³/mol. The Morgan fingerprint density at radius 2 is 2.19 bits per heavy atom. The number of hydrogen-bond acceptors (Lipinski definition) is 4. The Kier molecular flexibility index (Phi) is 4.65. The molecular weight excluding hydrogens is 282 g/mol. The molecule has 0 aromatic heterocycles. The van der Waals surface area contributed by atoms with Gasteiger partial charge in [-0.05, 0) is 48.5 Å². The van der Waals surface area contributed by atoms with Crippen LogP contribution in [0.5, 0.6) is 5.75 Å². The molecule has 0 radical (unpaired) electrons. The minimum absolute atomic E-state index is 0.0618. The largest absolute Gasteiger partial charge is 0.488 e. The van der Waals surface area contributed by atoms with Gasteiger partial charge in [0.15, 0.2) is 0 Å². The van der Waals surface area contributed by atoms with Gasteiger partial charge >= 0.3 is 0 Å².